The minimum absolute atomic E-state index is 0.0115. The van der Waals surface area contributed by atoms with Crippen molar-refractivity contribution in [2.75, 3.05) is 0 Å². The van der Waals surface area contributed by atoms with Crippen LogP contribution in [0.3, 0.4) is 0 Å². The lowest BCUT2D eigenvalue weighted by atomic mass is 9.86. The van der Waals surface area contributed by atoms with Crippen molar-refractivity contribution in [1.82, 2.24) is 4.98 Å². The van der Waals surface area contributed by atoms with Crippen LogP contribution >= 0.6 is 0 Å². The molecule has 0 bridgehead atoms. The first-order chi connectivity index (χ1) is 20.3. The number of benzene rings is 4. The first-order valence-corrected chi connectivity index (χ1v) is 14.0. The zero-order chi connectivity index (χ0) is 29.1. The minimum atomic E-state index is -2.57. The number of hydrogen-bond donors (Lipinski definition) is 5. The Labute approximate surface area is 240 Å². The third-order valence-electron chi connectivity index (χ3n) is 8.67. The van der Waals surface area contributed by atoms with Gasteiger partial charge >= 0.3 is 5.97 Å². The number of aliphatic hydroxyl groups is 4. The van der Waals surface area contributed by atoms with E-state index in [0.717, 1.165) is 32.6 Å². The van der Waals surface area contributed by atoms with E-state index in [-0.39, 0.29) is 31.6 Å². The van der Waals surface area contributed by atoms with E-state index in [1.165, 1.54) is 0 Å². The summed E-state index contributed by atoms with van der Waals surface area (Å²) in [6, 6.07) is 25.2. The van der Waals surface area contributed by atoms with Crippen LogP contribution in [0, 0.1) is 0 Å². The van der Waals surface area contributed by atoms with Crippen LogP contribution in [0.25, 0.3) is 32.4 Å². The van der Waals surface area contributed by atoms with Crippen molar-refractivity contribution in [3.63, 3.8) is 0 Å². The molecule has 7 rings (SSSR count). The minimum Gasteiger partial charge on any atom is -0.422 e. The number of carbonyl (C=O) groups excluding carboxylic acids is 1. The van der Waals surface area contributed by atoms with Crippen LogP contribution in [0.15, 0.2) is 85.1 Å². The maximum Gasteiger partial charge on any atom is 0.343 e. The van der Waals surface area contributed by atoms with Gasteiger partial charge in [-0.1, -0.05) is 60.7 Å². The number of hydrogen-bond acceptors (Lipinski definition) is 8. The van der Waals surface area contributed by atoms with Crippen molar-refractivity contribution >= 4 is 38.4 Å². The zero-order valence-electron chi connectivity index (χ0n) is 22.6. The number of aromatic amines is 1. The predicted molar refractivity (Wildman–Crippen MR) is 155 cm³/mol. The molecule has 5 aromatic rings. The van der Waals surface area contributed by atoms with E-state index in [1.54, 1.807) is 6.20 Å². The number of nitrogens with one attached hydrogen (secondary N) is 1. The number of esters is 1. The average Bonchev–Trinajstić information content (AvgIpc) is 3.66. The number of aliphatic hydroxyl groups excluding tert-OH is 2. The highest BCUT2D eigenvalue weighted by molar-refractivity contribution is 6.14. The van der Waals surface area contributed by atoms with Gasteiger partial charge < -0.3 is 39.6 Å². The lowest BCUT2D eigenvalue weighted by Crippen LogP contribution is -2.60. The van der Waals surface area contributed by atoms with Gasteiger partial charge in [-0.3, -0.25) is 0 Å². The second-order valence-electron chi connectivity index (χ2n) is 11.4. The van der Waals surface area contributed by atoms with E-state index < -0.39 is 41.8 Å². The van der Waals surface area contributed by atoms with Crippen molar-refractivity contribution in [3.8, 4) is 5.75 Å². The van der Waals surface area contributed by atoms with Gasteiger partial charge in [0.15, 0.2) is 11.9 Å². The van der Waals surface area contributed by atoms with Gasteiger partial charge in [-0.15, -0.1) is 0 Å². The second kappa shape index (κ2) is 10.2. The summed E-state index contributed by atoms with van der Waals surface area (Å²) in [6.07, 6.45) is -4.10. The monoisotopic (exact) mass is 569 g/mol. The van der Waals surface area contributed by atoms with Gasteiger partial charge in [-0.05, 0) is 58.1 Å². The maximum absolute atomic E-state index is 13.7. The summed E-state index contributed by atoms with van der Waals surface area (Å²) in [5.74, 6) is -3.22. The summed E-state index contributed by atoms with van der Waals surface area (Å²) in [5, 5.41) is 48.9. The molecule has 2 aliphatic rings. The summed E-state index contributed by atoms with van der Waals surface area (Å²) in [5.41, 5.74) is -0.457. The lowest BCUT2D eigenvalue weighted by molar-refractivity contribution is -0.314. The Morgan fingerprint density at radius 1 is 0.952 bits per heavy atom. The molecule has 6 atom stereocenters. The molecular weight excluding hydrogens is 538 g/mol. The van der Waals surface area contributed by atoms with Gasteiger partial charge in [0, 0.05) is 18.1 Å². The van der Waals surface area contributed by atoms with Crippen LogP contribution in [-0.2, 0) is 20.9 Å². The number of rotatable bonds is 6. The summed E-state index contributed by atoms with van der Waals surface area (Å²) in [4.78, 5) is 16.9. The van der Waals surface area contributed by atoms with Crippen molar-refractivity contribution in [1.29, 1.82) is 0 Å². The number of H-pyrrole nitrogens is 1. The van der Waals surface area contributed by atoms with Gasteiger partial charge in [0.2, 0.25) is 5.79 Å². The molecule has 42 heavy (non-hydrogen) atoms. The van der Waals surface area contributed by atoms with E-state index in [9.17, 15) is 25.2 Å². The molecule has 216 valence electrons. The highest BCUT2D eigenvalue weighted by Gasteiger charge is 2.68. The Bertz CT molecular complexity index is 1790. The van der Waals surface area contributed by atoms with Gasteiger partial charge in [0.1, 0.15) is 17.8 Å². The van der Waals surface area contributed by atoms with Crippen LogP contribution < -0.4 is 4.74 Å². The average molecular weight is 570 g/mol. The van der Waals surface area contributed by atoms with Gasteiger partial charge in [-0.25, -0.2) is 4.79 Å². The van der Waals surface area contributed by atoms with E-state index in [1.807, 2.05) is 72.8 Å². The summed E-state index contributed by atoms with van der Waals surface area (Å²) < 4.78 is 17.7. The highest BCUT2D eigenvalue weighted by Crippen LogP contribution is 2.47. The Balaban J connectivity index is 1.23. The fraction of sp³-hybridized carbons (Fsp3) is 0.303. The molecule has 0 radical (unpaired) electrons. The molecule has 2 heterocycles. The van der Waals surface area contributed by atoms with Crippen LogP contribution in [0.1, 0.15) is 24.8 Å². The topological polar surface area (TPSA) is 141 Å². The van der Waals surface area contributed by atoms with E-state index in [2.05, 4.69) is 11.1 Å². The van der Waals surface area contributed by atoms with Gasteiger partial charge in [0.25, 0.3) is 0 Å². The van der Waals surface area contributed by atoms with E-state index >= 15 is 0 Å². The molecule has 1 saturated heterocycles. The molecule has 1 aliphatic heterocycles. The predicted octanol–water partition coefficient (Wildman–Crippen LogP) is 3.69. The summed E-state index contributed by atoms with van der Waals surface area (Å²) in [7, 11) is 0. The number of carbonyl (C=O) groups is 1. The fourth-order valence-electron chi connectivity index (χ4n) is 6.42. The first-order valence-electron chi connectivity index (χ1n) is 14.0. The van der Waals surface area contributed by atoms with Crippen LogP contribution in [0.5, 0.6) is 5.75 Å². The molecule has 9 heteroatoms. The Kier molecular flexibility index (Phi) is 6.54. The SMILES string of the molecule is O=C(Oc1c[nH]c2ccc3cc4ccccc4cc3c12)[C@@H]1O[C@@](O)([C@@]2(O)CC[C@@H](O)C2)[C@H](O)[C@H]1OCc1ccccc1. The molecular formula is C33H31NO8. The van der Waals surface area contributed by atoms with Crippen molar-refractivity contribution in [2.45, 2.75) is 61.7 Å². The van der Waals surface area contributed by atoms with Crippen molar-refractivity contribution < 1.29 is 39.4 Å². The molecule has 0 spiro atoms. The maximum atomic E-state index is 13.7. The second-order valence-corrected chi connectivity index (χ2v) is 11.4. The smallest absolute Gasteiger partial charge is 0.343 e. The Morgan fingerprint density at radius 2 is 1.69 bits per heavy atom. The third-order valence-corrected chi connectivity index (χ3v) is 8.67. The number of fused-ring (bicyclic) bond motifs is 4. The molecule has 1 aliphatic carbocycles. The number of ether oxygens (including phenoxy) is 3. The summed E-state index contributed by atoms with van der Waals surface area (Å²) in [6.45, 7) is 0.0115. The molecule has 2 fully saturated rings. The molecule has 0 amide bonds. The van der Waals surface area contributed by atoms with Gasteiger partial charge in [0.05, 0.1) is 18.1 Å². The Morgan fingerprint density at radius 3 is 2.43 bits per heavy atom. The zero-order valence-corrected chi connectivity index (χ0v) is 22.6. The molecule has 1 aromatic heterocycles. The first kappa shape index (κ1) is 27.0. The highest BCUT2D eigenvalue weighted by atomic mass is 16.7. The van der Waals surface area contributed by atoms with Crippen LogP contribution in [0.2, 0.25) is 0 Å². The van der Waals surface area contributed by atoms with E-state index in [4.69, 9.17) is 14.2 Å². The quantitative estimate of drug-likeness (QED) is 0.154. The van der Waals surface area contributed by atoms with Gasteiger partial charge in [-0.2, -0.15) is 0 Å². The van der Waals surface area contributed by atoms with Crippen LogP contribution in [0.4, 0.5) is 0 Å². The molecule has 9 nitrogen and oxygen atoms in total. The van der Waals surface area contributed by atoms with Crippen LogP contribution in [-0.4, -0.2) is 67.2 Å². The number of aromatic nitrogens is 1. The van der Waals surface area contributed by atoms with Crippen molar-refractivity contribution in [2.24, 2.45) is 0 Å². The molecule has 1 saturated carbocycles. The standard InChI is InChI=1S/C33H31NO8/c35-23-12-13-32(38,16-23)33(39)30(36)28(40-18-19-6-2-1-3-7-19)29(42-33)31(37)41-26-17-34-25-11-10-22-14-20-8-4-5-9-21(20)15-24(22)27(25)26/h1-11,14-15,17,23,28-30,34-36,38-39H,12-13,16,18H2/t23-,28+,29-,30-,32-,33-/m1/s1. The third kappa shape index (κ3) is 4.37. The lowest BCUT2D eigenvalue weighted by Gasteiger charge is -2.39. The molecule has 0 unspecified atom stereocenters. The summed E-state index contributed by atoms with van der Waals surface area (Å²) >= 11 is 0. The van der Waals surface area contributed by atoms with E-state index in [0.29, 0.717) is 5.39 Å². The molecule has 4 aromatic carbocycles. The largest absolute Gasteiger partial charge is 0.422 e. The fourth-order valence-corrected chi connectivity index (χ4v) is 6.42. The molecule has 5 N–H and O–H groups in total. The normalized spacial score (nSPS) is 29.5. The van der Waals surface area contributed by atoms with Crippen molar-refractivity contribution in [3.05, 3.63) is 90.6 Å². The Hall–Kier alpha value is -3.83.